The van der Waals surface area contributed by atoms with Crippen LogP contribution in [0, 0.1) is 0 Å². The van der Waals surface area contributed by atoms with Crippen molar-refractivity contribution < 1.29 is 9.84 Å². The number of nitrogens with one attached hydrogen (secondary N) is 1. The Hall–Kier alpha value is -0.770. The highest BCUT2D eigenvalue weighted by molar-refractivity contribution is 6.30. The van der Waals surface area contributed by atoms with E-state index in [4.69, 9.17) is 21.4 Å². The molecule has 0 fully saturated rings. The second-order valence-corrected chi connectivity index (χ2v) is 4.77. The van der Waals surface area contributed by atoms with Crippen molar-refractivity contribution in [3.63, 3.8) is 0 Å². The zero-order valence-electron chi connectivity index (χ0n) is 9.79. The number of rotatable bonds is 6. The Bertz CT molecular complexity index is 370. The Morgan fingerprint density at radius 1 is 1.41 bits per heavy atom. The second kappa shape index (κ2) is 6.24. The van der Waals surface area contributed by atoms with E-state index in [1.54, 1.807) is 0 Å². The molecule has 0 aliphatic carbocycles. The van der Waals surface area contributed by atoms with Crippen LogP contribution in [0.3, 0.4) is 0 Å². The third-order valence-corrected chi connectivity index (χ3v) is 3.13. The number of hydrogen-bond donors (Lipinski definition) is 2. The van der Waals surface area contributed by atoms with Gasteiger partial charge in [-0.15, -0.1) is 0 Å². The molecule has 4 heteroatoms. The molecular weight excluding hydrogens is 238 g/mol. The molecule has 0 amide bonds. The second-order valence-electron chi connectivity index (χ2n) is 4.33. The van der Waals surface area contributed by atoms with Gasteiger partial charge < -0.3 is 15.2 Å². The van der Waals surface area contributed by atoms with E-state index in [0.717, 1.165) is 43.1 Å². The summed E-state index contributed by atoms with van der Waals surface area (Å²) in [6.45, 7) is 2.04. The summed E-state index contributed by atoms with van der Waals surface area (Å²) in [5.41, 5.74) is 1.19. The van der Waals surface area contributed by atoms with Crippen LogP contribution in [0.15, 0.2) is 18.2 Å². The van der Waals surface area contributed by atoms with Gasteiger partial charge in [0.25, 0.3) is 0 Å². The maximum absolute atomic E-state index is 8.66. The van der Waals surface area contributed by atoms with E-state index in [-0.39, 0.29) is 12.7 Å². The van der Waals surface area contributed by atoms with Crippen LogP contribution in [0.4, 0.5) is 0 Å². The van der Waals surface area contributed by atoms with Gasteiger partial charge in [-0.1, -0.05) is 11.6 Å². The van der Waals surface area contributed by atoms with Crippen molar-refractivity contribution in [1.82, 2.24) is 5.32 Å². The lowest BCUT2D eigenvalue weighted by Crippen LogP contribution is -2.30. The Morgan fingerprint density at radius 2 is 2.29 bits per heavy atom. The van der Waals surface area contributed by atoms with Gasteiger partial charge in [-0.3, -0.25) is 0 Å². The smallest absolute Gasteiger partial charge is 0.123 e. The van der Waals surface area contributed by atoms with Crippen LogP contribution in [0.2, 0.25) is 5.02 Å². The van der Waals surface area contributed by atoms with Gasteiger partial charge in [0.15, 0.2) is 0 Å². The number of fused-ring (bicyclic) bond motifs is 1. The summed E-state index contributed by atoms with van der Waals surface area (Å²) < 4.78 is 5.80. The van der Waals surface area contributed by atoms with Gasteiger partial charge in [-0.25, -0.2) is 0 Å². The topological polar surface area (TPSA) is 41.5 Å². The number of aliphatic hydroxyl groups excluding tert-OH is 1. The van der Waals surface area contributed by atoms with E-state index < -0.39 is 0 Å². The SMILES string of the molecule is OCCCCNCC1Cc2cc(Cl)ccc2O1. The van der Waals surface area contributed by atoms with Crippen molar-refractivity contribution >= 4 is 11.6 Å². The minimum absolute atomic E-state index is 0.206. The zero-order chi connectivity index (χ0) is 12.1. The Balaban J connectivity index is 1.73. The van der Waals surface area contributed by atoms with Crippen LogP contribution in [0.25, 0.3) is 0 Å². The first-order valence-electron chi connectivity index (χ1n) is 6.06. The molecule has 0 bridgehead atoms. The zero-order valence-corrected chi connectivity index (χ0v) is 10.5. The van der Waals surface area contributed by atoms with Crippen molar-refractivity contribution in [2.45, 2.75) is 25.4 Å². The predicted octanol–water partition coefficient (Wildman–Crippen LogP) is 2.01. The summed E-state index contributed by atoms with van der Waals surface area (Å²) in [5.74, 6) is 0.955. The molecule has 2 rings (SSSR count). The van der Waals surface area contributed by atoms with E-state index >= 15 is 0 Å². The molecule has 3 nitrogen and oxygen atoms in total. The number of hydrogen-bond acceptors (Lipinski definition) is 3. The molecule has 2 N–H and O–H groups in total. The van der Waals surface area contributed by atoms with Gasteiger partial charge in [0, 0.05) is 24.6 Å². The average Bonchev–Trinajstić information content (AvgIpc) is 2.70. The van der Waals surface area contributed by atoms with Crippen molar-refractivity contribution in [2.24, 2.45) is 0 Å². The first kappa shape index (κ1) is 12.7. The van der Waals surface area contributed by atoms with Crippen LogP contribution < -0.4 is 10.1 Å². The Labute approximate surface area is 107 Å². The van der Waals surface area contributed by atoms with Crippen molar-refractivity contribution in [2.75, 3.05) is 19.7 Å². The van der Waals surface area contributed by atoms with E-state index in [2.05, 4.69) is 5.32 Å². The summed E-state index contributed by atoms with van der Waals surface area (Å²) in [5, 5.41) is 12.8. The summed E-state index contributed by atoms with van der Waals surface area (Å²) in [6, 6.07) is 5.77. The lowest BCUT2D eigenvalue weighted by Gasteiger charge is -2.11. The number of benzene rings is 1. The molecule has 0 saturated heterocycles. The molecular formula is C13H18ClNO2. The monoisotopic (exact) mass is 255 g/mol. The molecule has 1 aromatic carbocycles. The van der Waals surface area contributed by atoms with Crippen LogP contribution in [0.5, 0.6) is 5.75 Å². The summed E-state index contributed by atoms with van der Waals surface area (Å²) in [6.07, 6.45) is 2.98. The fourth-order valence-corrected chi connectivity index (χ4v) is 2.22. The fraction of sp³-hybridized carbons (Fsp3) is 0.538. The highest BCUT2D eigenvalue weighted by atomic mass is 35.5. The van der Waals surface area contributed by atoms with Gasteiger partial charge in [0.05, 0.1) is 0 Å². The van der Waals surface area contributed by atoms with Crippen LogP contribution in [-0.4, -0.2) is 30.9 Å². The Morgan fingerprint density at radius 3 is 3.12 bits per heavy atom. The third kappa shape index (κ3) is 3.60. The number of aliphatic hydroxyl groups is 1. The molecule has 1 aliphatic heterocycles. The fourth-order valence-electron chi connectivity index (χ4n) is 2.03. The van der Waals surface area contributed by atoms with E-state index in [0.29, 0.717) is 0 Å². The van der Waals surface area contributed by atoms with Crippen molar-refractivity contribution in [3.8, 4) is 5.75 Å². The van der Waals surface area contributed by atoms with Gasteiger partial charge in [0.1, 0.15) is 11.9 Å². The highest BCUT2D eigenvalue weighted by Crippen LogP contribution is 2.30. The molecule has 1 atom stereocenters. The summed E-state index contributed by atoms with van der Waals surface area (Å²) in [7, 11) is 0. The maximum Gasteiger partial charge on any atom is 0.123 e. The van der Waals surface area contributed by atoms with E-state index in [1.165, 1.54) is 5.56 Å². The quantitative estimate of drug-likeness (QED) is 0.764. The van der Waals surface area contributed by atoms with Crippen LogP contribution >= 0.6 is 11.6 Å². The minimum Gasteiger partial charge on any atom is -0.488 e. The summed E-state index contributed by atoms with van der Waals surface area (Å²) in [4.78, 5) is 0. The van der Waals surface area contributed by atoms with Gasteiger partial charge in [-0.05, 0) is 43.1 Å². The van der Waals surface area contributed by atoms with Crippen LogP contribution in [0.1, 0.15) is 18.4 Å². The molecule has 0 spiro atoms. The molecule has 1 unspecified atom stereocenters. The average molecular weight is 256 g/mol. The van der Waals surface area contributed by atoms with Crippen molar-refractivity contribution in [3.05, 3.63) is 28.8 Å². The number of unbranched alkanes of at least 4 members (excludes halogenated alkanes) is 1. The van der Waals surface area contributed by atoms with E-state index in [1.807, 2.05) is 18.2 Å². The third-order valence-electron chi connectivity index (χ3n) is 2.90. The predicted molar refractivity (Wildman–Crippen MR) is 68.8 cm³/mol. The molecule has 0 aromatic heterocycles. The molecule has 1 aromatic rings. The minimum atomic E-state index is 0.206. The molecule has 1 aliphatic rings. The van der Waals surface area contributed by atoms with E-state index in [9.17, 15) is 0 Å². The molecule has 0 radical (unpaired) electrons. The lowest BCUT2D eigenvalue weighted by atomic mass is 10.1. The first-order chi connectivity index (χ1) is 8.29. The molecule has 94 valence electrons. The van der Waals surface area contributed by atoms with Crippen molar-refractivity contribution in [1.29, 1.82) is 0 Å². The molecule has 0 saturated carbocycles. The van der Waals surface area contributed by atoms with Gasteiger partial charge >= 0.3 is 0 Å². The summed E-state index contributed by atoms with van der Waals surface area (Å²) >= 11 is 5.94. The number of ether oxygens (including phenoxy) is 1. The lowest BCUT2D eigenvalue weighted by molar-refractivity contribution is 0.226. The Kier molecular flexibility index (Phi) is 4.66. The first-order valence-corrected chi connectivity index (χ1v) is 6.44. The largest absolute Gasteiger partial charge is 0.488 e. The maximum atomic E-state index is 8.66. The molecule has 1 heterocycles. The normalized spacial score (nSPS) is 17.9. The van der Waals surface area contributed by atoms with Gasteiger partial charge in [0.2, 0.25) is 0 Å². The van der Waals surface area contributed by atoms with Crippen LogP contribution in [-0.2, 0) is 6.42 Å². The standard InChI is InChI=1S/C13H18ClNO2/c14-11-3-4-13-10(7-11)8-12(17-13)9-15-5-1-2-6-16/h3-4,7,12,15-16H,1-2,5-6,8-9H2. The highest BCUT2D eigenvalue weighted by Gasteiger charge is 2.22. The van der Waals surface area contributed by atoms with Gasteiger partial charge in [-0.2, -0.15) is 0 Å². The molecule has 17 heavy (non-hydrogen) atoms. The number of halogens is 1.